The zero-order valence-corrected chi connectivity index (χ0v) is 23.7. The predicted molar refractivity (Wildman–Crippen MR) is 180 cm³/mol. The fourth-order valence-corrected chi connectivity index (χ4v) is 6.37. The summed E-state index contributed by atoms with van der Waals surface area (Å²) < 4.78 is 8.32. The molecule has 0 radical (unpaired) electrons. The van der Waals surface area contributed by atoms with Gasteiger partial charge in [0.1, 0.15) is 17.0 Å². The average Bonchev–Trinajstić information content (AvgIpc) is 3.64. The van der Waals surface area contributed by atoms with E-state index in [0.717, 1.165) is 61.2 Å². The summed E-state index contributed by atoms with van der Waals surface area (Å²) in [5, 5.41) is 4.66. The van der Waals surface area contributed by atoms with Gasteiger partial charge in [-0.15, -0.1) is 0 Å². The van der Waals surface area contributed by atoms with Crippen LogP contribution in [0.25, 0.3) is 83.1 Å². The molecule has 4 heterocycles. The van der Waals surface area contributed by atoms with Crippen LogP contribution in [0.15, 0.2) is 156 Å². The number of nitrogens with zero attached hydrogens (tertiary/aromatic N) is 3. The Morgan fingerprint density at radius 3 is 1.98 bits per heavy atom. The molecule has 0 amide bonds. The molecule has 0 spiro atoms. The first-order valence-corrected chi connectivity index (χ1v) is 14.7. The third-order valence-electron chi connectivity index (χ3n) is 8.52. The fraction of sp³-hybridized carbons (Fsp3) is 0. The van der Waals surface area contributed by atoms with E-state index in [9.17, 15) is 0 Å². The van der Waals surface area contributed by atoms with Crippen molar-refractivity contribution in [1.29, 1.82) is 0 Å². The Hall–Kier alpha value is -6.00. The lowest BCUT2D eigenvalue weighted by Crippen LogP contribution is -1.97. The molecule has 4 aromatic heterocycles. The van der Waals surface area contributed by atoms with Crippen LogP contribution in [0.3, 0.4) is 0 Å². The molecule has 44 heavy (non-hydrogen) atoms. The van der Waals surface area contributed by atoms with Crippen LogP contribution < -0.4 is 0 Å². The highest BCUT2D eigenvalue weighted by Crippen LogP contribution is 2.37. The van der Waals surface area contributed by atoms with Crippen molar-refractivity contribution in [2.75, 3.05) is 0 Å². The summed E-state index contributed by atoms with van der Waals surface area (Å²) in [5.74, 6) is 0.873. The van der Waals surface area contributed by atoms with Gasteiger partial charge in [0.25, 0.3) is 0 Å². The smallest absolute Gasteiger partial charge is 0.137 e. The minimum atomic E-state index is 0.873. The fourth-order valence-electron chi connectivity index (χ4n) is 6.37. The minimum absolute atomic E-state index is 0.873. The first kappa shape index (κ1) is 24.6. The van der Waals surface area contributed by atoms with Gasteiger partial charge in [0.05, 0.1) is 16.7 Å². The SMILES string of the molecule is c1ccc(-c2ccnc(-c3ccc(-n4c5ccccc5c5cc(-c6ccc7oc8ccccc8c7c6)ccc54)nc3)c2)cc1. The summed E-state index contributed by atoms with van der Waals surface area (Å²) in [5.41, 5.74) is 10.6. The number of fused-ring (bicyclic) bond motifs is 6. The van der Waals surface area contributed by atoms with Gasteiger partial charge in [0.2, 0.25) is 0 Å². The molecular formula is C40H25N3O. The lowest BCUT2D eigenvalue weighted by atomic mass is 10.0. The van der Waals surface area contributed by atoms with Crippen LogP contribution >= 0.6 is 0 Å². The van der Waals surface area contributed by atoms with E-state index >= 15 is 0 Å². The zero-order valence-electron chi connectivity index (χ0n) is 23.7. The van der Waals surface area contributed by atoms with Gasteiger partial charge in [-0.25, -0.2) is 4.98 Å². The molecule has 9 aromatic rings. The Morgan fingerprint density at radius 1 is 0.432 bits per heavy atom. The Morgan fingerprint density at radius 2 is 1.11 bits per heavy atom. The molecule has 0 fully saturated rings. The molecule has 0 atom stereocenters. The highest BCUT2D eigenvalue weighted by Gasteiger charge is 2.15. The van der Waals surface area contributed by atoms with E-state index in [-0.39, 0.29) is 0 Å². The second-order valence-electron chi connectivity index (χ2n) is 11.1. The van der Waals surface area contributed by atoms with Crippen molar-refractivity contribution in [2.24, 2.45) is 0 Å². The molecular weight excluding hydrogens is 538 g/mol. The monoisotopic (exact) mass is 563 g/mol. The number of benzene rings is 5. The summed E-state index contributed by atoms with van der Waals surface area (Å²) in [6.45, 7) is 0. The number of aromatic nitrogens is 3. The van der Waals surface area contributed by atoms with Crippen LogP contribution in [0.2, 0.25) is 0 Å². The Balaban J connectivity index is 1.14. The number of furan rings is 1. The van der Waals surface area contributed by atoms with E-state index in [1.165, 1.54) is 21.9 Å². The maximum atomic E-state index is 6.07. The van der Waals surface area contributed by atoms with Crippen LogP contribution in [-0.4, -0.2) is 14.5 Å². The number of para-hydroxylation sites is 2. The van der Waals surface area contributed by atoms with Crippen molar-refractivity contribution in [3.8, 4) is 39.3 Å². The molecule has 0 unspecified atom stereocenters. The van der Waals surface area contributed by atoms with Crippen molar-refractivity contribution in [3.05, 3.63) is 152 Å². The van der Waals surface area contributed by atoms with E-state index in [2.05, 4.69) is 125 Å². The van der Waals surface area contributed by atoms with Crippen molar-refractivity contribution >= 4 is 43.7 Å². The third kappa shape index (κ3) is 3.92. The van der Waals surface area contributed by atoms with Crippen LogP contribution in [0.1, 0.15) is 0 Å². The molecule has 0 bridgehead atoms. The lowest BCUT2D eigenvalue weighted by molar-refractivity contribution is 0.669. The highest BCUT2D eigenvalue weighted by molar-refractivity contribution is 6.11. The zero-order chi connectivity index (χ0) is 29.0. The van der Waals surface area contributed by atoms with Crippen molar-refractivity contribution < 1.29 is 4.42 Å². The first-order chi connectivity index (χ1) is 21.8. The van der Waals surface area contributed by atoms with E-state index in [4.69, 9.17) is 9.40 Å². The van der Waals surface area contributed by atoms with E-state index in [0.29, 0.717) is 0 Å². The van der Waals surface area contributed by atoms with Gasteiger partial charge < -0.3 is 4.42 Å². The molecule has 0 aliphatic heterocycles. The third-order valence-corrected chi connectivity index (χ3v) is 8.52. The molecule has 0 aliphatic rings. The molecule has 0 saturated heterocycles. The highest BCUT2D eigenvalue weighted by atomic mass is 16.3. The Bertz CT molecular complexity index is 2490. The molecule has 5 aromatic carbocycles. The lowest BCUT2D eigenvalue weighted by Gasteiger charge is -2.09. The predicted octanol–water partition coefficient (Wildman–Crippen LogP) is 10.5. The Labute approximate surface area is 253 Å². The maximum absolute atomic E-state index is 6.07. The van der Waals surface area contributed by atoms with Crippen LogP contribution in [0.4, 0.5) is 0 Å². The number of pyridine rings is 2. The molecule has 4 nitrogen and oxygen atoms in total. The van der Waals surface area contributed by atoms with Crippen molar-refractivity contribution in [2.45, 2.75) is 0 Å². The number of hydrogen-bond acceptors (Lipinski definition) is 3. The van der Waals surface area contributed by atoms with Gasteiger partial charge in [-0.2, -0.15) is 0 Å². The standard InChI is InChI=1S/C40H25N3O/c1-2-8-26(9-3-1)29-20-21-41-35(24-29)30-16-19-40(42-25-30)43-36-12-6-4-10-31(36)33-22-27(14-17-37(33)43)28-15-18-39-34(23-28)32-11-5-7-13-38(32)44-39/h1-25H. The van der Waals surface area contributed by atoms with E-state index in [1.54, 1.807) is 0 Å². The van der Waals surface area contributed by atoms with E-state index < -0.39 is 0 Å². The topological polar surface area (TPSA) is 43.9 Å². The van der Waals surface area contributed by atoms with Gasteiger partial charge in [-0.3, -0.25) is 9.55 Å². The van der Waals surface area contributed by atoms with E-state index in [1.807, 2.05) is 36.7 Å². The second-order valence-corrected chi connectivity index (χ2v) is 11.1. The summed E-state index contributed by atoms with van der Waals surface area (Å²) >= 11 is 0. The quantitative estimate of drug-likeness (QED) is 0.214. The summed E-state index contributed by atoms with van der Waals surface area (Å²) in [4.78, 5) is 9.60. The number of hydrogen-bond donors (Lipinski definition) is 0. The first-order valence-electron chi connectivity index (χ1n) is 14.7. The molecule has 0 N–H and O–H groups in total. The van der Waals surface area contributed by atoms with Crippen LogP contribution in [0.5, 0.6) is 0 Å². The molecule has 4 heteroatoms. The van der Waals surface area contributed by atoms with Crippen molar-refractivity contribution in [3.63, 3.8) is 0 Å². The molecule has 0 saturated carbocycles. The summed E-state index contributed by atoms with van der Waals surface area (Å²) in [6.07, 6.45) is 3.79. The summed E-state index contributed by atoms with van der Waals surface area (Å²) in [6, 6.07) is 48.7. The second kappa shape index (κ2) is 9.79. The van der Waals surface area contributed by atoms with Gasteiger partial charge in [-0.1, -0.05) is 78.9 Å². The minimum Gasteiger partial charge on any atom is -0.456 e. The average molecular weight is 564 g/mol. The van der Waals surface area contributed by atoms with Gasteiger partial charge >= 0.3 is 0 Å². The molecule has 206 valence electrons. The maximum Gasteiger partial charge on any atom is 0.137 e. The number of rotatable bonds is 4. The van der Waals surface area contributed by atoms with Gasteiger partial charge in [0, 0.05) is 39.5 Å². The largest absolute Gasteiger partial charge is 0.456 e. The van der Waals surface area contributed by atoms with Crippen LogP contribution in [-0.2, 0) is 0 Å². The normalized spacial score (nSPS) is 11.6. The van der Waals surface area contributed by atoms with Gasteiger partial charge in [-0.05, 0) is 82.9 Å². The molecule has 9 rings (SSSR count). The van der Waals surface area contributed by atoms with Gasteiger partial charge in [0.15, 0.2) is 0 Å². The van der Waals surface area contributed by atoms with Crippen LogP contribution in [0, 0.1) is 0 Å². The molecule has 0 aliphatic carbocycles. The summed E-state index contributed by atoms with van der Waals surface area (Å²) in [7, 11) is 0. The van der Waals surface area contributed by atoms with Crippen molar-refractivity contribution in [1.82, 2.24) is 14.5 Å². The Kier molecular flexibility index (Phi) is 5.47.